The Morgan fingerprint density at radius 1 is 1.05 bits per heavy atom. The van der Waals surface area contributed by atoms with E-state index in [0.29, 0.717) is 12.1 Å². The van der Waals surface area contributed by atoms with E-state index in [0.717, 1.165) is 12.5 Å². The second kappa shape index (κ2) is 8.20. The lowest BCUT2D eigenvalue weighted by Crippen LogP contribution is -2.29. The van der Waals surface area contributed by atoms with Gasteiger partial charge in [-0.15, -0.1) is 0 Å². The molecule has 4 nitrogen and oxygen atoms in total. The highest BCUT2D eigenvalue weighted by atomic mass is 15.1. The molecule has 0 radical (unpaired) electrons. The van der Waals surface area contributed by atoms with Crippen LogP contribution in [0.4, 0.5) is 5.95 Å². The summed E-state index contributed by atoms with van der Waals surface area (Å²) in [7, 11) is 0. The van der Waals surface area contributed by atoms with Gasteiger partial charge in [0.15, 0.2) is 0 Å². The molecule has 0 spiro atoms. The van der Waals surface area contributed by atoms with E-state index < -0.39 is 0 Å². The molecule has 0 bridgehead atoms. The molecule has 0 unspecified atom stereocenters. The number of hydrogen-bond acceptors (Lipinski definition) is 4. The first kappa shape index (κ1) is 15.2. The fraction of sp³-hybridized carbons (Fsp3) is 0.750. The van der Waals surface area contributed by atoms with Crippen LogP contribution < -0.4 is 10.6 Å². The van der Waals surface area contributed by atoms with Crippen LogP contribution in [-0.4, -0.2) is 22.1 Å². The summed E-state index contributed by atoms with van der Waals surface area (Å²) in [6, 6.07) is 1.04. The normalized spacial score (nSPS) is 17.8. The van der Waals surface area contributed by atoms with Crippen LogP contribution in [-0.2, 0) is 6.54 Å². The van der Waals surface area contributed by atoms with Crippen LogP contribution in [0.15, 0.2) is 12.4 Å². The summed E-state index contributed by atoms with van der Waals surface area (Å²) in [6.07, 6.45) is 13.4. The number of hydrogen-bond donors (Lipinski definition) is 2. The Bertz CT molecular complexity index is 367. The van der Waals surface area contributed by atoms with Gasteiger partial charge in [-0.2, -0.15) is 0 Å². The number of anilines is 1. The second-order valence-corrected chi connectivity index (χ2v) is 6.14. The zero-order valence-electron chi connectivity index (χ0n) is 12.9. The van der Waals surface area contributed by atoms with Crippen molar-refractivity contribution >= 4 is 5.95 Å². The lowest BCUT2D eigenvalue weighted by molar-refractivity contribution is 0.388. The van der Waals surface area contributed by atoms with Crippen LogP contribution in [0.25, 0.3) is 0 Å². The molecule has 1 aliphatic rings. The Kier molecular flexibility index (Phi) is 6.25. The van der Waals surface area contributed by atoms with Crippen molar-refractivity contribution in [3.63, 3.8) is 0 Å². The minimum atomic E-state index is 0.369. The van der Waals surface area contributed by atoms with Gasteiger partial charge in [0, 0.05) is 36.6 Å². The third-order valence-corrected chi connectivity index (χ3v) is 3.82. The van der Waals surface area contributed by atoms with E-state index in [-0.39, 0.29) is 0 Å². The van der Waals surface area contributed by atoms with E-state index in [2.05, 4.69) is 34.4 Å². The fourth-order valence-corrected chi connectivity index (χ4v) is 2.70. The molecule has 0 aliphatic heterocycles. The van der Waals surface area contributed by atoms with Crippen molar-refractivity contribution < 1.29 is 0 Å². The standard InChI is InChI=1S/C16H28N4/c1-13(2)20-16-18-11-14(12-19-16)10-17-15-8-6-4-3-5-7-9-15/h11-13,15,17H,3-10H2,1-2H3,(H,18,19,20). The van der Waals surface area contributed by atoms with E-state index in [9.17, 15) is 0 Å². The average Bonchev–Trinajstić information content (AvgIpc) is 2.38. The van der Waals surface area contributed by atoms with Crippen molar-refractivity contribution in [3.8, 4) is 0 Å². The molecule has 2 rings (SSSR count). The second-order valence-electron chi connectivity index (χ2n) is 6.14. The van der Waals surface area contributed by atoms with Crippen LogP contribution in [0.5, 0.6) is 0 Å². The zero-order chi connectivity index (χ0) is 14.2. The Balaban J connectivity index is 1.77. The van der Waals surface area contributed by atoms with E-state index in [1.807, 2.05) is 12.4 Å². The molecule has 1 saturated carbocycles. The molecule has 0 amide bonds. The Hall–Kier alpha value is -1.16. The van der Waals surface area contributed by atoms with Crippen molar-refractivity contribution in [1.29, 1.82) is 0 Å². The van der Waals surface area contributed by atoms with Gasteiger partial charge < -0.3 is 10.6 Å². The molecule has 1 heterocycles. The van der Waals surface area contributed by atoms with Gasteiger partial charge in [-0.25, -0.2) is 9.97 Å². The molecule has 1 aliphatic carbocycles. The van der Waals surface area contributed by atoms with Gasteiger partial charge in [0.2, 0.25) is 5.95 Å². The first-order valence-electron chi connectivity index (χ1n) is 8.05. The molecule has 0 saturated heterocycles. The Labute approximate surface area is 122 Å². The lowest BCUT2D eigenvalue weighted by Gasteiger charge is -2.21. The number of nitrogens with one attached hydrogen (secondary N) is 2. The summed E-state index contributed by atoms with van der Waals surface area (Å²) in [5.41, 5.74) is 1.17. The van der Waals surface area contributed by atoms with E-state index in [1.54, 1.807) is 0 Å². The van der Waals surface area contributed by atoms with Gasteiger partial charge in [-0.1, -0.05) is 32.1 Å². The van der Waals surface area contributed by atoms with Crippen LogP contribution in [0.2, 0.25) is 0 Å². The maximum atomic E-state index is 4.35. The summed E-state index contributed by atoms with van der Waals surface area (Å²) in [5.74, 6) is 0.717. The van der Waals surface area contributed by atoms with Gasteiger partial charge in [0.05, 0.1) is 0 Å². The Morgan fingerprint density at radius 2 is 1.65 bits per heavy atom. The van der Waals surface area contributed by atoms with Crippen molar-refractivity contribution in [2.75, 3.05) is 5.32 Å². The third-order valence-electron chi connectivity index (χ3n) is 3.82. The van der Waals surface area contributed by atoms with E-state index in [4.69, 9.17) is 0 Å². The topological polar surface area (TPSA) is 49.8 Å². The highest BCUT2D eigenvalue weighted by Gasteiger charge is 2.10. The smallest absolute Gasteiger partial charge is 0.222 e. The molecule has 0 aromatic carbocycles. The van der Waals surface area contributed by atoms with Crippen molar-refractivity contribution in [1.82, 2.24) is 15.3 Å². The van der Waals surface area contributed by atoms with Crippen molar-refractivity contribution in [2.24, 2.45) is 0 Å². The van der Waals surface area contributed by atoms with Crippen molar-refractivity contribution in [2.45, 2.75) is 77.4 Å². The predicted molar refractivity (Wildman–Crippen MR) is 83.7 cm³/mol. The SMILES string of the molecule is CC(C)Nc1ncc(CNC2CCCCCCC2)cn1. The molecular weight excluding hydrogens is 248 g/mol. The summed E-state index contributed by atoms with van der Waals surface area (Å²) in [5, 5.41) is 6.88. The summed E-state index contributed by atoms with van der Waals surface area (Å²) < 4.78 is 0. The van der Waals surface area contributed by atoms with Gasteiger partial charge in [-0.05, 0) is 26.7 Å². The summed E-state index contributed by atoms with van der Waals surface area (Å²) >= 11 is 0. The number of rotatable bonds is 5. The fourth-order valence-electron chi connectivity index (χ4n) is 2.70. The minimum absolute atomic E-state index is 0.369. The monoisotopic (exact) mass is 276 g/mol. The molecule has 1 aromatic heterocycles. The average molecular weight is 276 g/mol. The van der Waals surface area contributed by atoms with Crippen LogP contribution in [0.1, 0.15) is 64.4 Å². The van der Waals surface area contributed by atoms with Gasteiger partial charge in [-0.3, -0.25) is 0 Å². The maximum absolute atomic E-state index is 4.35. The minimum Gasteiger partial charge on any atom is -0.352 e. The highest BCUT2D eigenvalue weighted by Crippen LogP contribution is 2.17. The van der Waals surface area contributed by atoms with Crippen LogP contribution in [0, 0.1) is 0 Å². The van der Waals surface area contributed by atoms with E-state index >= 15 is 0 Å². The molecule has 0 atom stereocenters. The van der Waals surface area contributed by atoms with Crippen molar-refractivity contribution in [3.05, 3.63) is 18.0 Å². The van der Waals surface area contributed by atoms with Gasteiger partial charge >= 0.3 is 0 Å². The summed E-state index contributed by atoms with van der Waals surface area (Å²) in [4.78, 5) is 8.71. The lowest BCUT2D eigenvalue weighted by atomic mass is 9.96. The molecular formula is C16H28N4. The van der Waals surface area contributed by atoms with Crippen LogP contribution in [0.3, 0.4) is 0 Å². The first-order chi connectivity index (χ1) is 9.74. The molecule has 1 aromatic rings. The Morgan fingerprint density at radius 3 is 2.25 bits per heavy atom. The van der Waals surface area contributed by atoms with Gasteiger partial charge in [0.1, 0.15) is 0 Å². The van der Waals surface area contributed by atoms with E-state index in [1.165, 1.54) is 50.5 Å². The quantitative estimate of drug-likeness (QED) is 0.864. The molecule has 2 N–H and O–H groups in total. The number of aromatic nitrogens is 2. The predicted octanol–water partition coefficient (Wildman–Crippen LogP) is 3.50. The molecule has 4 heteroatoms. The highest BCUT2D eigenvalue weighted by molar-refractivity contribution is 5.25. The maximum Gasteiger partial charge on any atom is 0.222 e. The molecule has 112 valence electrons. The first-order valence-corrected chi connectivity index (χ1v) is 8.05. The summed E-state index contributed by atoms with van der Waals surface area (Å²) in [6.45, 7) is 5.06. The van der Waals surface area contributed by atoms with Gasteiger partial charge in [0.25, 0.3) is 0 Å². The third kappa shape index (κ3) is 5.45. The zero-order valence-corrected chi connectivity index (χ0v) is 12.9. The molecule has 1 fully saturated rings. The molecule has 20 heavy (non-hydrogen) atoms. The van der Waals surface area contributed by atoms with Crippen LogP contribution >= 0.6 is 0 Å². The largest absolute Gasteiger partial charge is 0.352 e. The number of nitrogens with zero attached hydrogens (tertiary/aromatic N) is 2.